The lowest BCUT2D eigenvalue weighted by molar-refractivity contribution is -0.141. The number of carboxylic acid groups (broad SMARTS) is 1. The van der Waals surface area contributed by atoms with Gasteiger partial charge in [-0.25, -0.2) is 9.97 Å². The molecule has 0 spiro atoms. The van der Waals surface area contributed by atoms with Crippen LogP contribution in [0.25, 0.3) is 22.5 Å². The van der Waals surface area contributed by atoms with Gasteiger partial charge in [-0.05, 0) is 65.3 Å². The Kier molecular flexibility index (Phi) is 12.5. The van der Waals surface area contributed by atoms with Gasteiger partial charge in [0.15, 0.2) is 5.82 Å². The van der Waals surface area contributed by atoms with E-state index in [1.54, 1.807) is 25.6 Å². The quantitative estimate of drug-likeness (QED) is 0.107. The molecule has 3 aromatic carbocycles. The fraction of sp³-hybridized carbons (Fsp3) is 0.293. The maximum atomic E-state index is 13.2. The average Bonchev–Trinajstić information content (AvgIpc) is 3.66. The number of amides is 2. The number of hydrogen-bond acceptors (Lipinski definition) is 8. The summed E-state index contributed by atoms with van der Waals surface area (Å²) in [6.07, 6.45) is 4.58. The zero-order valence-electron chi connectivity index (χ0n) is 30.0. The number of carboxylic acids is 1. The molecule has 3 N–H and O–H groups in total. The normalized spacial score (nSPS) is 12.5. The van der Waals surface area contributed by atoms with Gasteiger partial charge in [-0.3, -0.25) is 14.4 Å². The Morgan fingerprint density at radius 3 is 2.00 bits per heavy atom. The SMILES string of the molecule is COCCc1ccc(OCc2ccc(-c3cnc(-c4ccc(CC(NC(=O)c5ccc(C(C)(C)C)s5)C(=O)NC(C)C(=O)O)cc4)nc3)cc2)cc1. The van der Waals surface area contributed by atoms with E-state index in [2.05, 4.69) is 53.5 Å². The van der Waals surface area contributed by atoms with Crippen LogP contribution < -0.4 is 15.4 Å². The maximum Gasteiger partial charge on any atom is 0.325 e. The Morgan fingerprint density at radius 2 is 1.40 bits per heavy atom. The first kappa shape index (κ1) is 37.9. The van der Waals surface area contributed by atoms with Crippen molar-refractivity contribution in [2.75, 3.05) is 13.7 Å². The Hall–Kier alpha value is -5.39. The largest absolute Gasteiger partial charge is 0.489 e. The molecular formula is C41H44N4O6S. The molecule has 270 valence electrons. The van der Waals surface area contributed by atoms with Crippen LogP contribution >= 0.6 is 11.3 Å². The highest BCUT2D eigenvalue weighted by Gasteiger charge is 2.26. The summed E-state index contributed by atoms with van der Waals surface area (Å²) in [5.74, 6) is -0.785. The maximum absolute atomic E-state index is 13.2. The van der Waals surface area contributed by atoms with Crippen molar-refractivity contribution >= 4 is 29.1 Å². The van der Waals surface area contributed by atoms with Gasteiger partial charge in [-0.15, -0.1) is 11.3 Å². The molecule has 0 aliphatic carbocycles. The topological polar surface area (TPSA) is 140 Å². The van der Waals surface area contributed by atoms with E-state index >= 15 is 0 Å². The van der Waals surface area contributed by atoms with Crippen molar-refractivity contribution in [3.63, 3.8) is 0 Å². The number of benzene rings is 3. The first-order valence-electron chi connectivity index (χ1n) is 17.1. The molecule has 2 heterocycles. The summed E-state index contributed by atoms with van der Waals surface area (Å²) < 4.78 is 11.1. The lowest BCUT2D eigenvalue weighted by Gasteiger charge is -2.20. The first-order valence-corrected chi connectivity index (χ1v) is 17.9. The molecule has 0 saturated carbocycles. The third-order valence-corrected chi connectivity index (χ3v) is 9.94. The van der Waals surface area contributed by atoms with Crippen molar-refractivity contribution in [3.8, 4) is 28.3 Å². The highest BCUT2D eigenvalue weighted by Crippen LogP contribution is 2.29. The van der Waals surface area contributed by atoms with Gasteiger partial charge in [0.2, 0.25) is 5.91 Å². The monoisotopic (exact) mass is 720 g/mol. The number of thiophene rings is 1. The lowest BCUT2D eigenvalue weighted by Crippen LogP contribution is -2.51. The number of ether oxygens (including phenoxy) is 2. The molecule has 5 rings (SSSR count). The average molecular weight is 721 g/mol. The predicted molar refractivity (Wildman–Crippen MR) is 202 cm³/mol. The lowest BCUT2D eigenvalue weighted by atomic mass is 9.95. The number of carbonyl (C=O) groups excluding carboxylic acids is 2. The fourth-order valence-electron chi connectivity index (χ4n) is 5.26. The summed E-state index contributed by atoms with van der Waals surface area (Å²) >= 11 is 1.37. The van der Waals surface area contributed by atoms with Crippen molar-refractivity contribution < 1.29 is 29.0 Å². The smallest absolute Gasteiger partial charge is 0.325 e. The van der Waals surface area contributed by atoms with Crippen molar-refractivity contribution in [2.24, 2.45) is 0 Å². The molecule has 2 unspecified atom stereocenters. The third-order valence-electron chi connectivity index (χ3n) is 8.43. The number of rotatable bonds is 15. The van der Waals surface area contributed by atoms with Crippen molar-refractivity contribution in [2.45, 2.75) is 64.6 Å². The van der Waals surface area contributed by atoms with Crippen LogP contribution in [0.5, 0.6) is 5.75 Å². The summed E-state index contributed by atoms with van der Waals surface area (Å²) in [6.45, 7) is 8.72. The fourth-order valence-corrected chi connectivity index (χ4v) is 6.23. The van der Waals surface area contributed by atoms with E-state index in [1.807, 2.05) is 66.7 Å². The molecule has 11 heteroatoms. The minimum absolute atomic E-state index is 0.122. The van der Waals surface area contributed by atoms with Gasteiger partial charge in [-0.1, -0.05) is 81.4 Å². The summed E-state index contributed by atoms with van der Waals surface area (Å²) in [6, 6.07) is 25.1. The standard InChI is InChI=1S/C41H44N4O6S/c1-26(40(48)49)44-38(46)34(45-39(47)35-18-19-36(52-35)41(2,3)4)22-28-6-14-31(15-7-28)37-42-23-32(24-43-37)30-12-8-29(9-13-30)25-51-33-16-10-27(11-17-33)20-21-50-5/h6-19,23-24,26,34H,20-22,25H2,1-5H3,(H,44,46)(H,45,47)(H,48,49). The predicted octanol–water partition coefficient (Wildman–Crippen LogP) is 6.87. The van der Waals surface area contributed by atoms with E-state index in [4.69, 9.17) is 9.47 Å². The molecule has 2 atom stereocenters. The second kappa shape index (κ2) is 17.2. The van der Waals surface area contributed by atoms with Crippen molar-refractivity contribution in [1.82, 2.24) is 20.6 Å². The molecule has 0 saturated heterocycles. The van der Waals surface area contributed by atoms with E-state index in [-0.39, 0.29) is 11.8 Å². The second-order valence-electron chi connectivity index (χ2n) is 13.6. The Bertz CT molecular complexity index is 1950. The minimum Gasteiger partial charge on any atom is -0.489 e. The van der Waals surface area contributed by atoms with Crippen LogP contribution in [-0.2, 0) is 39.2 Å². The van der Waals surface area contributed by atoms with Crippen molar-refractivity contribution in [1.29, 1.82) is 0 Å². The Balaban J connectivity index is 1.20. The van der Waals surface area contributed by atoms with Gasteiger partial charge in [0.1, 0.15) is 24.4 Å². The van der Waals surface area contributed by atoms with Crippen LogP contribution in [0.1, 0.15) is 58.9 Å². The Labute approximate surface area is 308 Å². The number of nitrogens with one attached hydrogen (secondary N) is 2. The molecule has 0 aliphatic heterocycles. The summed E-state index contributed by atoms with van der Waals surface area (Å²) in [5.41, 5.74) is 5.54. The highest BCUT2D eigenvalue weighted by molar-refractivity contribution is 7.14. The van der Waals surface area contributed by atoms with E-state index in [0.29, 0.717) is 23.9 Å². The van der Waals surface area contributed by atoms with Gasteiger partial charge in [0.25, 0.3) is 5.91 Å². The molecule has 52 heavy (non-hydrogen) atoms. The van der Waals surface area contributed by atoms with E-state index < -0.39 is 29.9 Å². The summed E-state index contributed by atoms with van der Waals surface area (Å²) in [4.78, 5) is 48.5. The van der Waals surface area contributed by atoms with Gasteiger partial charge < -0.3 is 25.2 Å². The van der Waals surface area contributed by atoms with E-state index in [0.717, 1.165) is 44.9 Å². The van der Waals surface area contributed by atoms with Crippen LogP contribution in [0.4, 0.5) is 0 Å². The molecule has 0 aliphatic rings. The summed E-state index contributed by atoms with van der Waals surface area (Å²) in [7, 11) is 1.70. The molecule has 0 bridgehead atoms. The zero-order valence-corrected chi connectivity index (χ0v) is 30.8. The molecule has 0 fully saturated rings. The van der Waals surface area contributed by atoms with E-state index in [9.17, 15) is 19.5 Å². The van der Waals surface area contributed by atoms with Gasteiger partial charge in [-0.2, -0.15) is 0 Å². The number of carbonyl (C=O) groups is 3. The van der Waals surface area contributed by atoms with Crippen molar-refractivity contribution in [3.05, 3.63) is 124 Å². The molecule has 5 aromatic rings. The Morgan fingerprint density at radius 1 is 0.788 bits per heavy atom. The second-order valence-corrected chi connectivity index (χ2v) is 14.7. The van der Waals surface area contributed by atoms with Crippen LogP contribution in [0.3, 0.4) is 0 Å². The van der Waals surface area contributed by atoms with Crippen LogP contribution in [0.15, 0.2) is 97.3 Å². The highest BCUT2D eigenvalue weighted by atomic mass is 32.1. The molecule has 2 aromatic heterocycles. The van der Waals surface area contributed by atoms with Crippen LogP contribution in [0, 0.1) is 0 Å². The van der Waals surface area contributed by atoms with Crippen LogP contribution in [0.2, 0.25) is 0 Å². The zero-order chi connectivity index (χ0) is 37.3. The molecule has 2 amide bonds. The van der Waals surface area contributed by atoms with Gasteiger partial charge in [0, 0.05) is 41.9 Å². The summed E-state index contributed by atoms with van der Waals surface area (Å²) in [5, 5.41) is 14.6. The third kappa shape index (κ3) is 10.3. The number of hydrogen-bond donors (Lipinski definition) is 3. The molecular weight excluding hydrogens is 677 g/mol. The number of methoxy groups -OCH3 is 1. The number of aliphatic carboxylic acids is 1. The molecule has 10 nitrogen and oxygen atoms in total. The number of aromatic nitrogens is 2. The van der Waals surface area contributed by atoms with Gasteiger partial charge in [0.05, 0.1) is 11.5 Å². The first-order chi connectivity index (χ1) is 24.9. The number of nitrogens with zero attached hydrogens (tertiary/aromatic N) is 2. The molecule has 0 radical (unpaired) electrons. The van der Waals surface area contributed by atoms with E-state index in [1.165, 1.54) is 23.8 Å². The van der Waals surface area contributed by atoms with Gasteiger partial charge >= 0.3 is 5.97 Å². The minimum atomic E-state index is -1.17. The van der Waals surface area contributed by atoms with Crippen LogP contribution in [-0.4, -0.2) is 58.7 Å².